The molecule has 20 aliphatic carbocycles. The van der Waals surface area contributed by atoms with Gasteiger partial charge in [0.05, 0.1) is 54.7 Å². The zero-order valence-corrected chi connectivity index (χ0v) is 77.9. The molecule has 20 aliphatic rings. The number of aliphatic hydroxyl groups excluding tert-OH is 9. The Kier molecular flexibility index (Phi) is 25.5. The van der Waals surface area contributed by atoms with Crippen molar-refractivity contribution in [2.75, 3.05) is 19.8 Å². The standard InChI is InChI=1S/C23H34O6.C21H32O5.C21H30O5.C20H31NO2.C19H30O3/c1-13(24)29-12-19(27)23(28)9-7-17-16-5-4-14-10-15(25)6-8-21(14,2)20(16)18(26)11-22(17,23)3;2*1-19-7-5-13(23)9-12(19)3-4-14-15-6-8-21(26,17(25)11-22)20(15,2)10-16(24)18(14)19;1-19-8-7-14(22)9-12(19)3-5-15-16-6-4-13(11-21)20(16,2)10-17(23)18(15)19;1-18-8-7-12(20)9-11(18)3-4-13-14-5-6-16(22)19(14,2)10-15(21)17(13)18/h14,16-18,20,26,28H,4-12H2,1-3H3;12,14-16,18,22,24,26H,3-11H2,1-2H3;9,14-16,18,22,24,26H,3-8,10-11H2,1-2H3;12-18,22-23H,3-10H2,1-2H3;11-15,17,20-21H,3-10H2,1-2H3/t14-,16+,17+,18+,20-,21+,22+,23+;12-,14+,15+,16+,18-,19+,20+,21+;14-,15-,16-,18+,19-,20-,21-;12-,13-,14-,15+,16+,17+,18-,19+,20-;11-,12-,13+,14+,15+,17-,18+,19+/m11011/s1. The first-order valence-electron chi connectivity index (χ1n) is 50.2. The molecule has 0 unspecified atom stereocenters. The largest absolute Gasteiger partial charge is 0.458 e. The van der Waals surface area contributed by atoms with E-state index in [0.29, 0.717) is 154 Å². The SMILES string of the molecule is CC(=O)OCC(=O)[C@@]1(O)CC[C@H]2[C@@H]3CC[C@@H]4CC(=O)CC[C@]4(C)[C@H]3[C@@H](O)C[C@@]21C.C[C@]12CCC(=O)C=C1CC[C@@H]1[C@@H]2[C@@H](O)C[C@@]2(C)[C@H]1CC[C@]2(O)C(=O)CO.C[C@]12CCC(=O)C[C@H]1CC[C@@H]1[C@@H]2[C@@H](O)C[C@@]2(C)[C@H]1CC[C@]2(O)C(=O)CO.C[C@]12CC[C@@H](O)C[C@H]1CC[C@@H]1[C@@H]2[C@@H](O)C[C@]2(C)C(=O)CC[C@@H]12.C[C@]12CC[C@@H](O)C[C@H]1CC[C@@H]1[C@@H]2[C@@H](O)C[C@]2(C)[C@@H](C#N)CC[C@@H]12. The summed E-state index contributed by atoms with van der Waals surface area (Å²) < 4.78 is 4.89. The van der Waals surface area contributed by atoms with E-state index in [1.807, 2.05) is 20.8 Å². The van der Waals surface area contributed by atoms with E-state index >= 15 is 0 Å². The summed E-state index contributed by atoms with van der Waals surface area (Å²) in [5.41, 5.74) is -5.71. The molecule has 40 atom stereocenters. The van der Waals surface area contributed by atoms with Crippen LogP contribution in [0, 0.1) is 184 Å². The van der Waals surface area contributed by atoms with E-state index in [1.165, 1.54) is 38.2 Å². The molecule has 0 aromatic heterocycles. The van der Waals surface area contributed by atoms with Crippen LogP contribution in [0.15, 0.2) is 11.6 Å². The lowest BCUT2D eigenvalue weighted by atomic mass is 9.43. The lowest BCUT2D eigenvalue weighted by Gasteiger charge is -2.62. The molecule has 22 nitrogen and oxygen atoms in total. The molecule has 20 rings (SSSR count). The molecule has 0 bridgehead atoms. The number of ketones is 7. The Morgan fingerprint density at radius 2 is 0.786 bits per heavy atom. The molecule has 0 radical (unpaired) electrons. The van der Waals surface area contributed by atoms with Crippen molar-refractivity contribution in [1.29, 1.82) is 5.26 Å². The van der Waals surface area contributed by atoms with Crippen molar-refractivity contribution >= 4 is 46.5 Å². The number of nitriles is 1. The number of nitrogens with zero attached hydrogens (tertiary/aromatic N) is 1. The van der Waals surface area contributed by atoms with Gasteiger partial charge >= 0.3 is 5.97 Å². The summed E-state index contributed by atoms with van der Waals surface area (Å²) in [5.74, 6) is 5.67. The Bertz CT molecular complexity index is 4290. The number of carbonyl (C=O) groups excluding carboxylic acids is 8. The molecule has 0 heterocycles. The highest BCUT2D eigenvalue weighted by molar-refractivity contribution is 5.93. The van der Waals surface area contributed by atoms with E-state index in [4.69, 9.17) is 4.74 Å². The Hall–Kier alpha value is -4.09. The first kappa shape index (κ1) is 95.1. The average molecular weight is 1760 g/mol. The second-order valence-corrected chi connectivity index (χ2v) is 48.9. The highest BCUT2D eigenvalue weighted by atomic mass is 16.5. The fraction of sp³-hybridized carbons (Fsp3) is 0.894. The molecule has 0 aromatic carbocycles. The third kappa shape index (κ3) is 14.5. The Morgan fingerprint density at radius 1 is 0.389 bits per heavy atom. The maximum atomic E-state index is 12.9. The average Bonchev–Trinajstić information content (AvgIpc) is 1.32. The van der Waals surface area contributed by atoms with Crippen molar-refractivity contribution in [3.63, 3.8) is 0 Å². The van der Waals surface area contributed by atoms with Gasteiger partial charge in [0.2, 0.25) is 5.78 Å². The molecule has 0 saturated heterocycles. The van der Waals surface area contributed by atoms with Gasteiger partial charge in [-0.25, -0.2) is 0 Å². The zero-order chi connectivity index (χ0) is 91.1. The quantitative estimate of drug-likeness (QED) is 0.105. The Labute approximate surface area is 748 Å². The molecule has 126 heavy (non-hydrogen) atoms. The van der Waals surface area contributed by atoms with Gasteiger partial charge in [0.25, 0.3) is 0 Å². The molecule has 12 N–H and O–H groups in total. The second kappa shape index (κ2) is 33.8. The van der Waals surface area contributed by atoms with Gasteiger partial charge in [0.1, 0.15) is 47.4 Å². The third-order valence-corrected chi connectivity index (χ3v) is 44.3. The minimum atomic E-state index is -1.57. The first-order valence-corrected chi connectivity index (χ1v) is 50.2. The number of hydrogen-bond acceptors (Lipinski definition) is 22. The van der Waals surface area contributed by atoms with Crippen LogP contribution in [0.25, 0.3) is 0 Å². The lowest BCUT2D eigenvalue weighted by molar-refractivity contribution is -0.199. The lowest BCUT2D eigenvalue weighted by Crippen LogP contribution is -2.63. The second-order valence-electron chi connectivity index (χ2n) is 48.9. The van der Waals surface area contributed by atoms with Crippen LogP contribution in [0.3, 0.4) is 0 Å². The normalized spacial score (nSPS) is 53.6. The summed E-state index contributed by atoms with van der Waals surface area (Å²) in [6.07, 6.45) is 30.5. The van der Waals surface area contributed by atoms with E-state index in [-0.39, 0.29) is 127 Å². The van der Waals surface area contributed by atoms with Crippen LogP contribution < -0.4 is 0 Å². The van der Waals surface area contributed by atoms with Crippen LogP contribution in [0.1, 0.15) is 327 Å². The van der Waals surface area contributed by atoms with E-state index in [1.54, 1.807) is 6.08 Å². The highest BCUT2D eigenvalue weighted by Gasteiger charge is 2.74. The van der Waals surface area contributed by atoms with Crippen LogP contribution >= 0.6 is 0 Å². The van der Waals surface area contributed by atoms with Crippen molar-refractivity contribution in [2.45, 2.75) is 386 Å². The molecule has 19 fully saturated rings. The maximum Gasteiger partial charge on any atom is 0.303 e. The van der Waals surface area contributed by atoms with Crippen molar-refractivity contribution in [3.8, 4) is 6.07 Å². The fourth-order valence-electron chi connectivity index (χ4n) is 37.7. The summed E-state index contributed by atoms with van der Waals surface area (Å²) in [6.45, 7) is 21.2. The van der Waals surface area contributed by atoms with Crippen LogP contribution in [-0.4, -0.2) is 187 Å². The predicted octanol–water partition coefficient (Wildman–Crippen LogP) is 12.5. The molecular weight excluding hydrogens is 1600 g/mol. The van der Waals surface area contributed by atoms with Crippen molar-refractivity contribution in [3.05, 3.63) is 11.6 Å². The number of aliphatic hydroxyl groups is 12. The molecule has 0 amide bonds. The van der Waals surface area contributed by atoms with Gasteiger partial charge in [-0.3, -0.25) is 38.4 Å². The van der Waals surface area contributed by atoms with Gasteiger partial charge in [-0.2, -0.15) is 5.26 Å². The van der Waals surface area contributed by atoms with E-state index in [2.05, 4.69) is 54.5 Å². The van der Waals surface area contributed by atoms with Crippen LogP contribution in [-0.2, 0) is 43.1 Å². The molecule has 19 saturated carbocycles. The molecule has 22 heteroatoms. The number of hydrogen-bond donors (Lipinski definition) is 12. The predicted molar refractivity (Wildman–Crippen MR) is 467 cm³/mol. The monoisotopic (exact) mass is 1760 g/mol. The van der Waals surface area contributed by atoms with Crippen molar-refractivity contribution in [2.24, 2.45) is 173 Å². The maximum absolute atomic E-state index is 12.9. The summed E-state index contributed by atoms with van der Waals surface area (Å²) in [7, 11) is 0. The van der Waals surface area contributed by atoms with Gasteiger partial charge in [0.15, 0.2) is 24.0 Å². The molecule has 0 aromatic rings. The van der Waals surface area contributed by atoms with Crippen molar-refractivity contribution in [1.82, 2.24) is 0 Å². The Morgan fingerprint density at radius 3 is 1.23 bits per heavy atom. The number of fused-ring (bicyclic) bond motifs is 25. The topological polar surface area (TPSA) is 412 Å². The summed E-state index contributed by atoms with van der Waals surface area (Å²) in [5, 5.41) is 138. The number of esters is 1. The van der Waals surface area contributed by atoms with Crippen molar-refractivity contribution < 1.29 is 104 Å². The summed E-state index contributed by atoms with van der Waals surface area (Å²) in [4.78, 5) is 97.1. The summed E-state index contributed by atoms with van der Waals surface area (Å²) >= 11 is 0. The van der Waals surface area contributed by atoms with E-state index in [0.717, 1.165) is 148 Å². The van der Waals surface area contributed by atoms with Crippen LogP contribution in [0.4, 0.5) is 0 Å². The minimum Gasteiger partial charge on any atom is -0.458 e. The number of Topliss-reactive ketones (excluding diaryl/α,β-unsaturated/α-hetero) is 6. The van der Waals surface area contributed by atoms with Gasteiger partial charge in [0, 0.05) is 67.1 Å². The Balaban J connectivity index is 0.000000116. The molecular formula is C104H157NO21. The molecule has 0 spiro atoms. The number of rotatable bonds is 7. The third-order valence-electron chi connectivity index (χ3n) is 44.3. The smallest absolute Gasteiger partial charge is 0.303 e. The minimum absolute atomic E-state index is 0.0205. The van der Waals surface area contributed by atoms with E-state index < -0.39 is 94.5 Å². The highest BCUT2D eigenvalue weighted by Crippen LogP contribution is 2.75. The molecule has 0 aliphatic heterocycles. The van der Waals surface area contributed by atoms with Gasteiger partial charge < -0.3 is 66.0 Å². The number of carbonyl (C=O) groups is 8. The summed E-state index contributed by atoms with van der Waals surface area (Å²) in [6, 6.07) is 2.55. The molecule has 704 valence electrons. The number of ether oxygens (including phenoxy) is 1. The fourth-order valence-corrected chi connectivity index (χ4v) is 37.7. The number of allylic oxidation sites excluding steroid dienone is 1. The van der Waals surface area contributed by atoms with Crippen LogP contribution in [0.2, 0.25) is 0 Å². The first-order chi connectivity index (χ1) is 59.1. The van der Waals surface area contributed by atoms with Gasteiger partial charge in [-0.1, -0.05) is 74.8 Å². The van der Waals surface area contributed by atoms with Gasteiger partial charge in [-0.15, -0.1) is 0 Å². The zero-order valence-electron chi connectivity index (χ0n) is 77.9. The van der Waals surface area contributed by atoms with E-state index in [9.17, 15) is 105 Å². The van der Waals surface area contributed by atoms with Gasteiger partial charge in [-0.05, 0) is 363 Å². The van der Waals surface area contributed by atoms with Crippen LogP contribution in [0.5, 0.6) is 0 Å².